The monoisotopic (exact) mass is 486 g/mol. The zero-order chi connectivity index (χ0) is 22.8. The van der Waals surface area contributed by atoms with Crippen LogP contribution in [0.1, 0.15) is 31.7 Å². The maximum absolute atomic E-state index is 12.6. The minimum atomic E-state index is -0.166. The number of fused-ring (bicyclic) bond motifs is 2. The molecule has 2 aliphatic rings. The van der Waals surface area contributed by atoms with Crippen LogP contribution < -0.4 is 15.8 Å². The number of hydrogen-bond donors (Lipinski definition) is 1. The Balaban J connectivity index is 1.25. The highest BCUT2D eigenvalue weighted by Gasteiger charge is 2.26. The van der Waals surface area contributed by atoms with Crippen molar-refractivity contribution in [3.05, 3.63) is 28.8 Å². The average molecular weight is 487 g/mol. The van der Waals surface area contributed by atoms with Crippen molar-refractivity contribution in [2.75, 3.05) is 36.5 Å². The van der Waals surface area contributed by atoms with E-state index in [1.807, 2.05) is 17.1 Å². The third-order valence-corrected chi connectivity index (χ3v) is 7.64. The summed E-state index contributed by atoms with van der Waals surface area (Å²) in [5.74, 6) is 1.54. The molecule has 2 aliphatic heterocycles. The number of carbonyl (C=O) groups excluding carboxylic acids is 1. The number of rotatable bonds is 7. The Labute approximate surface area is 199 Å². The van der Waals surface area contributed by atoms with E-state index in [9.17, 15) is 9.59 Å². The molecule has 3 aromatic heterocycles. The molecule has 1 fully saturated rings. The zero-order valence-corrected chi connectivity index (χ0v) is 20.1. The maximum Gasteiger partial charge on any atom is 0.254 e. The molecule has 33 heavy (non-hydrogen) atoms. The zero-order valence-electron chi connectivity index (χ0n) is 18.4. The second-order valence-corrected chi connectivity index (χ2v) is 9.90. The molecule has 5 rings (SSSR count). The normalized spacial score (nSPS) is 18.0. The van der Waals surface area contributed by atoms with Crippen LogP contribution in [0.2, 0.25) is 0 Å². The van der Waals surface area contributed by atoms with Gasteiger partial charge in [-0.2, -0.15) is 5.10 Å². The first kappa shape index (κ1) is 22.2. The van der Waals surface area contributed by atoms with Gasteiger partial charge in [0.2, 0.25) is 5.91 Å². The lowest BCUT2D eigenvalue weighted by Crippen LogP contribution is -2.32. The molecule has 0 bridgehead atoms. The molecule has 1 unspecified atom stereocenters. The molecule has 1 amide bonds. The molecular formula is C21H26N8O2S2. The summed E-state index contributed by atoms with van der Waals surface area (Å²) in [4.78, 5) is 40.7. The van der Waals surface area contributed by atoms with Gasteiger partial charge in [0, 0.05) is 44.1 Å². The Morgan fingerprint density at radius 1 is 1.27 bits per heavy atom. The molecule has 0 aliphatic carbocycles. The van der Waals surface area contributed by atoms with Crippen LogP contribution in [0.25, 0.3) is 11.0 Å². The van der Waals surface area contributed by atoms with E-state index in [1.54, 1.807) is 4.57 Å². The van der Waals surface area contributed by atoms with Crippen molar-refractivity contribution in [1.82, 2.24) is 34.6 Å². The summed E-state index contributed by atoms with van der Waals surface area (Å²) in [7, 11) is 0. The Morgan fingerprint density at radius 3 is 2.94 bits per heavy atom. The lowest BCUT2D eigenvalue weighted by Gasteiger charge is -2.28. The van der Waals surface area contributed by atoms with Gasteiger partial charge in [0.15, 0.2) is 16.0 Å². The smallest absolute Gasteiger partial charge is 0.254 e. The number of carbonyl (C=O) groups is 1. The summed E-state index contributed by atoms with van der Waals surface area (Å²) in [6.45, 7) is 2.95. The fourth-order valence-electron chi connectivity index (χ4n) is 4.35. The molecule has 0 spiro atoms. The van der Waals surface area contributed by atoms with Gasteiger partial charge in [-0.15, -0.1) is 0 Å². The van der Waals surface area contributed by atoms with Gasteiger partial charge >= 0.3 is 0 Å². The van der Waals surface area contributed by atoms with Crippen LogP contribution in [-0.2, 0) is 11.3 Å². The van der Waals surface area contributed by atoms with E-state index in [1.165, 1.54) is 55.0 Å². The molecule has 0 saturated carbocycles. The first-order valence-corrected chi connectivity index (χ1v) is 13.3. The summed E-state index contributed by atoms with van der Waals surface area (Å²) in [5, 5.41) is 9.86. The predicted octanol–water partition coefficient (Wildman–Crippen LogP) is 1.95. The largest absolute Gasteiger partial charge is 0.356 e. The van der Waals surface area contributed by atoms with Crippen LogP contribution >= 0.6 is 23.5 Å². The number of hydrogen-bond acceptors (Lipinski definition) is 9. The van der Waals surface area contributed by atoms with E-state index in [0.717, 1.165) is 35.1 Å². The first-order valence-electron chi connectivity index (χ1n) is 11.1. The lowest BCUT2D eigenvalue weighted by atomic mass is 10.1. The summed E-state index contributed by atoms with van der Waals surface area (Å²) in [6.07, 6.45) is 9.18. The number of piperidine rings is 1. The third kappa shape index (κ3) is 4.58. The van der Waals surface area contributed by atoms with Gasteiger partial charge in [-0.25, -0.2) is 19.6 Å². The van der Waals surface area contributed by atoms with Crippen LogP contribution in [0.5, 0.6) is 0 Å². The van der Waals surface area contributed by atoms with Gasteiger partial charge in [0.05, 0.1) is 24.2 Å². The molecule has 12 heteroatoms. The molecule has 3 aromatic rings. The fraction of sp³-hybridized carbons (Fsp3) is 0.524. The minimum absolute atomic E-state index is 0.0888. The Bertz CT molecular complexity index is 1220. The summed E-state index contributed by atoms with van der Waals surface area (Å²) in [6, 6.07) is 1.27. The molecule has 0 aromatic carbocycles. The molecule has 174 valence electrons. The SMILES string of the molecule is CSc1nc(N2CCCCC2)c2cnn(CCNC(=O)CC3CSc4nccc(=O)n43)c2n1. The molecule has 10 nitrogen and oxygen atoms in total. The number of anilines is 1. The van der Waals surface area contributed by atoms with E-state index < -0.39 is 0 Å². The van der Waals surface area contributed by atoms with Gasteiger partial charge in [0.1, 0.15) is 5.82 Å². The van der Waals surface area contributed by atoms with Crippen LogP contribution in [0, 0.1) is 0 Å². The predicted molar refractivity (Wildman–Crippen MR) is 129 cm³/mol. The van der Waals surface area contributed by atoms with E-state index in [0.29, 0.717) is 24.0 Å². The van der Waals surface area contributed by atoms with Gasteiger partial charge in [-0.05, 0) is 25.5 Å². The standard InChI is InChI=1S/C21H26N8O2S2/c1-32-20-25-18(27-8-3-2-4-9-27)15-12-24-28(19(15)26-20)10-7-22-16(30)11-14-13-33-21-23-6-5-17(31)29(14)21/h5-6,12,14H,2-4,7-11,13H2,1H3,(H,22,30). The number of nitrogens with one attached hydrogen (secondary N) is 1. The van der Waals surface area contributed by atoms with Crippen LogP contribution in [-0.4, -0.2) is 66.8 Å². The van der Waals surface area contributed by atoms with Crippen LogP contribution in [0.4, 0.5) is 5.82 Å². The van der Waals surface area contributed by atoms with Gasteiger partial charge in [-0.3, -0.25) is 14.2 Å². The Morgan fingerprint density at radius 2 is 2.12 bits per heavy atom. The summed E-state index contributed by atoms with van der Waals surface area (Å²) in [5.41, 5.74) is 0.683. The van der Waals surface area contributed by atoms with E-state index in [2.05, 4.69) is 20.3 Å². The number of aromatic nitrogens is 6. The highest BCUT2D eigenvalue weighted by atomic mass is 32.2. The second kappa shape index (κ2) is 9.72. The Kier molecular flexibility index (Phi) is 6.54. The number of amides is 1. The molecule has 1 N–H and O–H groups in total. The van der Waals surface area contributed by atoms with Crippen molar-refractivity contribution in [1.29, 1.82) is 0 Å². The van der Waals surface area contributed by atoms with Crippen molar-refractivity contribution >= 4 is 46.3 Å². The lowest BCUT2D eigenvalue weighted by molar-refractivity contribution is -0.121. The average Bonchev–Trinajstić information content (AvgIpc) is 3.44. The quantitative estimate of drug-likeness (QED) is 0.396. The van der Waals surface area contributed by atoms with Crippen molar-refractivity contribution in [2.24, 2.45) is 0 Å². The highest BCUT2D eigenvalue weighted by molar-refractivity contribution is 7.99. The van der Waals surface area contributed by atoms with E-state index in [-0.39, 0.29) is 23.9 Å². The first-order chi connectivity index (χ1) is 16.1. The Hall–Kier alpha value is -2.60. The van der Waals surface area contributed by atoms with Crippen molar-refractivity contribution in [2.45, 2.75) is 48.6 Å². The molecule has 0 radical (unpaired) electrons. The van der Waals surface area contributed by atoms with Crippen molar-refractivity contribution in [3.8, 4) is 0 Å². The molecule has 1 atom stereocenters. The maximum atomic E-state index is 12.6. The number of nitrogens with zero attached hydrogens (tertiary/aromatic N) is 7. The topological polar surface area (TPSA) is 111 Å². The highest BCUT2D eigenvalue weighted by Crippen LogP contribution is 2.31. The summed E-state index contributed by atoms with van der Waals surface area (Å²) < 4.78 is 3.45. The fourth-order valence-corrected chi connectivity index (χ4v) is 5.83. The molecular weight excluding hydrogens is 460 g/mol. The van der Waals surface area contributed by atoms with Gasteiger partial charge in [0.25, 0.3) is 5.56 Å². The number of thioether (sulfide) groups is 2. The van der Waals surface area contributed by atoms with E-state index in [4.69, 9.17) is 9.97 Å². The van der Waals surface area contributed by atoms with Crippen molar-refractivity contribution in [3.63, 3.8) is 0 Å². The second-order valence-electron chi connectivity index (χ2n) is 8.14. The van der Waals surface area contributed by atoms with Gasteiger partial charge < -0.3 is 10.2 Å². The van der Waals surface area contributed by atoms with Gasteiger partial charge in [-0.1, -0.05) is 23.5 Å². The van der Waals surface area contributed by atoms with Crippen LogP contribution in [0.3, 0.4) is 0 Å². The summed E-state index contributed by atoms with van der Waals surface area (Å²) >= 11 is 3.03. The minimum Gasteiger partial charge on any atom is -0.356 e. The van der Waals surface area contributed by atoms with E-state index >= 15 is 0 Å². The van der Waals surface area contributed by atoms with Crippen LogP contribution in [0.15, 0.2) is 33.6 Å². The third-order valence-electron chi connectivity index (χ3n) is 5.98. The van der Waals surface area contributed by atoms with Crippen molar-refractivity contribution < 1.29 is 4.79 Å². The molecule has 1 saturated heterocycles. The molecule has 5 heterocycles.